The Hall–Kier alpha value is -1.95. The van der Waals surface area contributed by atoms with Crippen LogP contribution >= 0.6 is 0 Å². The molecule has 0 aliphatic carbocycles. The minimum absolute atomic E-state index is 0.107. The normalized spacial score (nSPS) is 29.0. The van der Waals surface area contributed by atoms with Gasteiger partial charge in [-0.2, -0.15) is 0 Å². The number of amides is 2. The van der Waals surface area contributed by atoms with Gasteiger partial charge in [-0.15, -0.1) is 0 Å². The van der Waals surface area contributed by atoms with Crippen molar-refractivity contribution in [2.45, 2.75) is 49.7 Å². The van der Waals surface area contributed by atoms with Gasteiger partial charge in [0.1, 0.15) is 6.10 Å². The Labute approximate surface area is 141 Å². The maximum Gasteiger partial charge on any atom is 0.251 e. The molecule has 24 heavy (non-hydrogen) atoms. The summed E-state index contributed by atoms with van der Waals surface area (Å²) < 4.78 is 5.52. The van der Waals surface area contributed by atoms with Crippen LogP contribution in [0.1, 0.15) is 43.6 Å². The van der Waals surface area contributed by atoms with Gasteiger partial charge >= 0.3 is 0 Å². The predicted molar refractivity (Wildman–Crippen MR) is 87.3 cm³/mol. The van der Waals surface area contributed by atoms with Gasteiger partial charge in [-0.05, 0) is 43.4 Å². The fourth-order valence-corrected chi connectivity index (χ4v) is 4.40. The van der Waals surface area contributed by atoms with E-state index < -0.39 is 0 Å². The van der Waals surface area contributed by atoms with Crippen LogP contribution in [-0.2, 0) is 14.3 Å². The minimum Gasteiger partial charge on any atom is -0.368 e. The number of pyridine rings is 1. The van der Waals surface area contributed by atoms with Gasteiger partial charge < -0.3 is 15.0 Å². The highest BCUT2D eigenvalue weighted by atomic mass is 16.5. The van der Waals surface area contributed by atoms with Gasteiger partial charge in [0.25, 0.3) is 5.91 Å². The molecule has 1 spiro atoms. The number of nitrogens with zero attached hydrogens (tertiary/aromatic N) is 2. The SMILES string of the molecule is O=C1CC(c2ccncc2)C2(CCN(C(=O)[C@H]3CCCO3)CC2)N1. The van der Waals surface area contributed by atoms with Gasteiger partial charge in [-0.25, -0.2) is 0 Å². The average Bonchev–Trinajstić information content (AvgIpc) is 3.24. The number of aromatic nitrogens is 1. The maximum absolute atomic E-state index is 12.5. The van der Waals surface area contributed by atoms with Gasteiger partial charge in [0.15, 0.2) is 0 Å². The first-order valence-electron chi connectivity index (χ1n) is 8.79. The highest BCUT2D eigenvalue weighted by Crippen LogP contribution is 2.43. The van der Waals surface area contributed by atoms with Crippen LogP contribution in [0, 0.1) is 0 Å². The van der Waals surface area contributed by atoms with Crippen molar-refractivity contribution in [3.63, 3.8) is 0 Å². The van der Waals surface area contributed by atoms with Crippen LogP contribution in [0.5, 0.6) is 0 Å². The number of carbonyl (C=O) groups excluding carboxylic acids is 2. The van der Waals surface area contributed by atoms with Gasteiger partial charge in [-0.3, -0.25) is 14.6 Å². The minimum atomic E-state index is -0.256. The average molecular weight is 329 g/mol. The van der Waals surface area contributed by atoms with Crippen molar-refractivity contribution >= 4 is 11.8 Å². The molecule has 4 heterocycles. The van der Waals surface area contributed by atoms with Crippen LogP contribution in [0.15, 0.2) is 24.5 Å². The lowest BCUT2D eigenvalue weighted by atomic mass is 9.74. The van der Waals surface area contributed by atoms with Gasteiger partial charge in [0, 0.05) is 44.4 Å². The van der Waals surface area contributed by atoms with E-state index in [1.54, 1.807) is 12.4 Å². The summed E-state index contributed by atoms with van der Waals surface area (Å²) in [5.74, 6) is 0.385. The molecule has 0 radical (unpaired) electrons. The molecule has 1 aromatic rings. The standard InChI is InChI=1S/C18H23N3O3/c22-16-12-14(13-3-7-19-8-4-13)18(20-16)5-9-21(10-6-18)17(23)15-2-1-11-24-15/h3-4,7-8,14-15H,1-2,5-6,9-12H2,(H,20,22)/t14?,15-/m1/s1. The first-order chi connectivity index (χ1) is 11.7. The van der Waals surface area contributed by atoms with Crippen LogP contribution in [-0.4, -0.2) is 53.0 Å². The zero-order valence-electron chi connectivity index (χ0n) is 13.7. The second-order valence-electron chi connectivity index (χ2n) is 7.07. The smallest absolute Gasteiger partial charge is 0.251 e. The van der Waals surface area contributed by atoms with Crippen LogP contribution in [0.25, 0.3) is 0 Å². The Morgan fingerprint density at radius 3 is 2.71 bits per heavy atom. The lowest BCUT2D eigenvalue weighted by molar-refractivity contribution is -0.142. The molecular weight excluding hydrogens is 306 g/mol. The molecule has 1 N–H and O–H groups in total. The molecule has 4 rings (SSSR count). The first kappa shape index (κ1) is 15.6. The summed E-state index contributed by atoms with van der Waals surface area (Å²) in [7, 11) is 0. The largest absolute Gasteiger partial charge is 0.368 e. The molecule has 3 saturated heterocycles. The van der Waals surface area contributed by atoms with E-state index in [4.69, 9.17) is 4.74 Å². The van der Waals surface area contributed by atoms with E-state index >= 15 is 0 Å². The van der Waals surface area contributed by atoms with Crippen LogP contribution < -0.4 is 5.32 Å². The molecule has 0 bridgehead atoms. The zero-order valence-corrected chi connectivity index (χ0v) is 13.7. The molecule has 6 heteroatoms. The maximum atomic E-state index is 12.5. The quantitative estimate of drug-likeness (QED) is 0.886. The second-order valence-corrected chi connectivity index (χ2v) is 7.07. The number of rotatable bonds is 2. The number of ether oxygens (including phenoxy) is 1. The summed E-state index contributed by atoms with van der Waals surface area (Å²) in [6.07, 6.45) is 7.21. The van der Waals surface area contributed by atoms with E-state index in [9.17, 15) is 9.59 Å². The lowest BCUT2D eigenvalue weighted by Crippen LogP contribution is -2.55. The number of piperidine rings is 1. The number of likely N-dealkylation sites (tertiary alicyclic amines) is 1. The van der Waals surface area contributed by atoms with Crippen molar-refractivity contribution in [1.82, 2.24) is 15.2 Å². The van der Waals surface area contributed by atoms with Gasteiger partial charge in [0.2, 0.25) is 5.91 Å². The monoisotopic (exact) mass is 329 g/mol. The van der Waals surface area contributed by atoms with Crippen LogP contribution in [0.2, 0.25) is 0 Å². The molecule has 3 aliphatic rings. The fourth-order valence-electron chi connectivity index (χ4n) is 4.40. The van der Waals surface area contributed by atoms with Crippen molar-refractivity contribution < 1.29 is 14.3 Å². The predicted octanol–water partition coefficient (Wildman–Crippen LogP) is 1.23. The molecule has 1 aromatic heterocycles. The van der Waals surface area contributed by atoms with Crippen molar-refractivity contribution in [3.8, 4) is 0 Å². The summed E-state index contributed by atoms with van der Waals surface area (Å²) in [5, 5.41) is 3.22. The second kappa shape index (κ2) is 6.16. The fraction of sp³-hybridized carbons (Fsp3) is 0.611. The van der Waals surface area contributed by atoms with E-state index in [1.807, 2.05) is 17.0 Å². The molecule has 3 fully saturated rings. The van der Waals surface area contributed by atoms with Crippen LogP contribution in [0.4, 0.5) is 0 Å². The number of hydrogen-bond donors (Lipinski definition) is 1. The van der Waals surface area contributed by atoms with Crippen molar-refractivity contribution in [2.24, 2.45) is 0 Å². The summed E-state index contributed by atoms with van der Waals surface area (Å²) in [6, 6.07) is 3.99. The lowest BCUT2D eigenvalue weighted by Gasteiger charge is -2.43. The summed E-state index contributed by atoms with van der Waals surface area (Å²) in [5.41, 5.74) is 0.924. The van der Waals surface area contributed by atoms with Gasteiger partial charge in [0.05, 0.1) is 5.54 Å². The van der Waals surface area contributed by atoms with E-state index in [0.717, 1.165) is 31.2 Å². The number of nitrogens with one attached hydrogen (secondary N) is 1. The first-order valence-corrected chi connectivity index (χ1v) is 8.79. The molecule has 2 amide bonds. The summed E-state index contributed by atoms with van der Waals surface area (Å²) in [4.78, 5) is 30.6. The van der Waals surface area contributed by atoms with Crippen molar-refractivity contribution in [2.75, 3.05) is 19.7 Å². The van der Waals surface area contributed by atoms with E-state index in [0.29, 0.717) is 26.1 Å². The van der Waals surface area contributed by atoms with E-state index in [2.05, 4.69) is 10.3 Å². The summed E-state index contributed by atoms with van der Waals surface area (Å²) in [6.45, 7) is 2.05. The van der Waals surface area contributed by atoms with Gasteiger partial charge in [-0.1, -0.05) is 0 Å². The third-order valence-electron chi connectivity index (χ3n) is 5.73. The molecule has 6 nitrogen and oxygen atoms in total. The third-order valence-corrected chi connectivity index (χ3v) is 5.73. The highest BCUT2D eigenvalue weighted by Gasteiger charge is 2.49. The number of carbonyl (C=O) groups is 2. The van der Waals surface area contributed by atoms with E-state index in [1.165, 1.54) is 0 Å². The molecule has 1 unspecified atom stereocenters. The molecule has 0 aromatic carbocycles. The van der Waals surface area contributed by atoms with E-state index in [-0.39, 0.29) is 29.4 Å². The third kappa shape index (κ3) is 2.69. The Morgan fingerprint density at radius 2 is 2.04 bits per heavy atom. The Kier molecular flexibility index (Phi) is 4.00. The molecule has 3 aliphatic heterocycles. The van der Waals surface area contributed by atoms with Crippen LogP contribution in [0.3, 0.4) is 0 Å². The topological polar surface area (TPSA) is 71.5 Å². The molecular formula is C18H23N3O3. The molecule has 128 valence electrons. The van der Waals surface area contributed by atoms with Crippen molar-refractivity contribution in [3.05, 3.63) is 30.1 Å². The highest BCUT2D eigenvalue weighted by molar-refractivity contribution is 5.83. The number of hydrogen-bond acceptors (Lipinski definition) is 4. The summed E-state index contributed by atoms with van der Waals surface area (Å²) >= 11 is 0. The molecule has 0 saturated carbocycles. The van der Waals surface area contributed by atoms with Crippen molar-refractivity contribution in [1.29, 1.82) is 0 Å². The Morgan fingerprint density at radius 1 is 1.29 bits per heavy atom. The molecule has 2 atom stereocenters. The Bertz CT molecular complexity index is 620. The zero-order chi connectivity index (χ0) is 16.6. The Balaban J connectivity index is 1.48.